The van der Waals surface area contributed by atoms with E-state index in [-0.39, 0.29) is 0 Å². The highest BCUT2D eigenvalue weighted by molar-refractivity contribution is 5.85. The molecule has 8 aromatic carbocycles. The van der Waals surface area contributed by atoms with Crippen molar-refractivity contribution < 1.29 is 5.11 Å². The molecule has 0 aliphatic carbocycles. The van der Waals surface area contributed by atoms with Crippen molar-refractivity contribution >= 4 is 43.1 Å². The molecule has 0 heterocycles. The van der Waals surface area contributed by atoms with Gasteiger partial charge in [0.15, 0.2) is 0 Å². The molecule has 0 amide bonds. The summed E-state index contributed by atoms with van der Waals surface area (Å²) in [5, 5.41) is 19.3. The molecule has 0 aliphatic heterocycles. The van der Waals surface area contributed by atoms with Gasteiger partial charge in [-0.05, 0) is 85.6 Å². The van der Waals surface area contributed by atoms with Crippen molar-refractivity contribution in [3.8, 4) is 5.75 Å². The molecule has 0 fully saturated rings. The van der Waals surface area contributed by atoms with E-state index in [0.29, 0.717) is 11.7 Å². The van der Waals surface area contributed by atoms with Crippen LogP contribution in [0, 0.1) is 6.92 Å². The largest absolute Gasteiger partial charge is 0.508 e. The molecule has 0 unspecified atom stereocenters. The van der Waals surface area contributed by atoms with E-state index in [0.717, 1.165) is 17.2 Å². The van der Waals surface area contributed by atoms with Crippen LogP contribution in [-0.2, 0) is 6.42 Å². The summed E-state index contributed by atoms with van der Waals surface area (Å²) in [7, 11) is 0. The number of fused-ring (bicyclic) bond motifs is 4. The first-order valence-electron chi connectivity index (χ1n) is 16.5. The van der Waals surface area contributed by atoms with Gasteiger partial charge < -0.3 is 5.11 Å². The highest BCUT2D eigenvalue weighted by atomic mass is 16.3. The maximum atomic E-state index is 9.13. The monoisotopic (exact) mass is 612 g/mol. The van der Waals surface area contributed by atoms with Crippen LogP contribution in [0.3, 0.4) is 0 Å². The zero-order valence-corrected chi connectivity index (χ0v) is 27.9. The predicted octanol–water partition coefficient (Wildman–Crippen LogP) is 13.1. The van der Waals surface area contributed by atoms with Crippen LogP contribution in [0.1, 0.15) is 43.4 Å². The topological polar surface area (TPSA) is 20.2 Å². The predicted molar refractivity (Wildman–Crippen MR) is 206 cm³/mol. The lowest BCUT2D eigenvalue weighted by atomic mass is 9.99. The van der Waals surface area contributed by atoms with Gasteiger partial charge in [-0.2, -0.15) is 0 Å². The van der Waals surface area contributed by atoms with E-state index in [4.69, 9.17) is 5.11 Å². The Kier molecular flexibility index (Phi) is 11.4. The van der Waals surface area contributed by atoms with Gasteiger partial charge in [-0.15, -0.1) is 0 Å². The Morgan fingerprint density at radius 1 is 0.426 bits per heavy atom. The number of aromatic hydroxyl groups is 1. The Morgan fingerprint density at radius 3 is 1.34 bits per heavy atom. The Labute approximate surface area is 279 Å². The third-order valence-electron chi connectivity index (χ3n) is 8.30. The summed E-state index contributed by atoms with van der Waals surface area (Å²) in [5.74, 6) is 0.938. The van der Waals surface area contributed by atoms with E-state index in [9.17, 15) is 0 Å². The molecule has 0 saturated heterocycles. The summed E-state index contributed by atoms with van der Waals surface area (Å²) < 4.78 is 0. The van der Waals surface area contributed by atoms with Crippen molar-refractivity contribution in [1.82, 2.24) is 0 Å². The minimum Gasteiger partial charge on any atom is -0.508 e. The molecule has 8 aromatic rings. The van der Waals surface area contributed by atoms with E-state index in [2.05, 4.69) is 155 Å². The van der Waals surface area contributed by atoms with Crippen LogP contribution in [0.4, 0.5) is 0 Å². The van der Waals surface area contributed by atoms with Crippen LogP contribution in [-0.4, -0.2) is 5.11 Å². The third kappa shape index (κ3) is 9.31. The van der Waals surface area contributed by atoms with Gasteiger partial charge in [-0.25, -0.2) is 0 Å². The number of benzene rings is 8. The molecule has 0 radical (unpaired) electrons. The van der Waals surface area contributed by atoms with Gasteiger partial charge in [0.2, 0.25) is 0 Å². The molecule has 0 aromatic heterocycles. The molecule has 1 N–H and O–H groups in total. The van der Waals surface area contributed by atoms with Crippen molar-refractivity contribution in [1.29, 1.82) is 0 Å². The standard InChI is InChI=1S/C13H14.C12H12.C11H10.C10H8O/c1-10(2)12-8-7-11-5-3-4-6-13(11)9-12;1-2-10-7-8-11-5-3-4-6-12(11)9-10;1-9-6-7-10-4-2-3-5-11(10)8-9;11-10-6-5-8-3-1-2-4-9(8)7-10/h3-10H,1-2H3;3-9H,2H2,1H3;2-8H,1H3;1-7,11H. The second-order valence-corrected chi connectivity index (χ2v) is 12.2. The Balaban J connectivity index is 0.000000123. The van der Waals surface area contributed by atoms with E-state index in [1.54, 1.807) is 12.1 Å². The SMILES string of the molecule is CC(C)c1ccc2ccccc2c1.CCc1ccc2ccccc2c1.Cc1ccc2ccccc2c1.Oc1ccc2ccccc2c1. The first-order valence-corrected chi connectivity index (χ1v) is 16.5. The smallest absolute Gasteiger partial charge is 0.116 e. The van der Waals surface area contributed by atoms with Crippen molar-refractivity contribution in [2.75, 3.05) is 0 Å². The lowest BCUT2D eigenvalue weighted by Gasteiger charge is -2.06. The van der Waals surface area contributed by atoms with Gasteiger partial charge in [0, 0.05) is 0 Å². The van der Waals surface area contributed by atoms with Gasteiger partial charge in [0.1, 0.15) is 5.75 Å². The van der Waals surface area contributed by atoms with E-state index < -0.39 is 0 Å². The van der Waals surface area contributed by atoms with Crippen LogP contribution < -0.4 is 0 Å². The van der Waals surface area contributed by atoms with Crippen LogP contribution in [0.2, 0.25) is 0 Å². The number of hydrogen-bond donors (Lipinski definition) is 1. The van der Waals surface area contributed by atoms with E-state index in [1.165, 1.54) is 49.0 Å². The number of phenols is 1. The fraction of sp³-hybridized carbons (Fsp3) is 0.130. The number of rotatable bonds is 2. The number of hydrogen-bond acceptors (Lipinski definition) is 1. The highest BCUT2D eigenvalue weighted by Gasteiger charge is 1.99. The Hall–Kier alpha value is -5.40. The molecule has 234 valence electrons. The average Bonchev–Trinajstić information content (AvgIpc) is 3.12. The van der Waals surface area contributed by atoms with Crippen LogP contribution >= 0.6 is 0 Å². The Bertz CT molecular complexity index is 2110. The van der Waals surface area contributed by atoms with Gasteiger partial charge in [0.05, 0.1) is 0 Å². The maximum absolute atomic E-state index is 9.13. The average molecular weight is 613 g/mol. The maximum Gasteiger partial charge on any atom is 0.116 e. The second kappa shape index (κ2) is 16.2. The molecule has 1 heteroatoms. The quantitative estimate of drug-likeness (QED) is 0.206. The molecular formula is C46H44O. The third-order valence-corrected chi connectivity index (χ3v) is 8.30. The molecule has 1 nitrogen and oxygen atoms in total. The van der Waals surface area contributed by atoms with Gasteiger partial charge in [-0.1, -0.05) is 184 Å². The zero-order chi connectivity index (χ0) is 33.0. The molecule has 0 spiro atoms. The lowest BCUT2D eigenvalue weighted by molar-refractivity contribution is 0.476. The summed E-state index contributed by atoms with van der Waals surface area (Å²) in [6, 6.07) is 58.5. The lowest BCUT2D eigenvalue weighted by Crippen LogP contribution is -1.85. The minimum absolute atomic E-state index is 0.323. The molecular weight excluding hydrogens is 569 g/mol. The first-order chi connectivity index (χ1) is 22.9. The van der Waals surface area contributed by atoms with Crippen LogP contribution in [0.15, 0.2) is 170 Å². The fourth-order valence-electron chi connectivity index (χ4n) is 5.51. The summed E-state index contributed by atoms with van der Waals surface area (Å²) in [6.07, 6.45) is 1.12. The van der Waals surface area contributed by atoms with Gasteiger partial charge in [0.25, 0.3) is 0 Å². The summed E-state index contributed by atoms with van der Waals surface area (Å²) in [4.78, 5) is 0. The Morgan fingerprint density at radius 2 is 0.830 bits per heavy atom. The molecule has 47 heavy (non-hydrogen) atoms. The van der Waals surface area contributed by atoms with Crippen molar-refractivity contribution in [2.24, 2.45) is 0 Å². The van der Waals surface area contributed by atoms with Crippen molar-refractivity contribution in [2.45, 2.75) is 40.0 Å². The fourth-order valence-corrected chi connectivity index (χ4v) is 5.51. The van der Waals surface area contributed by atoms with E-state index >= 15 is 0 Å². The number of aryl methyl sites for hydroxylation is 2. The molecule has 0 bridgehead atoms. The van der Waals surface area contributed by atoms with Crippen molar-refractivity contribution in [3.05, 3.63) is 187 Å². The molecule has 0 aliphatic rings. The summed E-state index contributed by atoms with van der Waals surface area (Å²) >= 11 is 0. The molecule has 0 atom stereocenters. The summed E-state index contributed by atoms with van der Waals surface area (Å²) in [5.41, 5.74) is 4.15. The summed E-state index contributed by atoms with van der Waals surface area (Å²) in [6.45, 7) is 8.75. The normalized spacial score (nSPS) is 10.5. The van der Waals surface area contributed by atoms with Crippen LogP contribution in [0.25, 0.3) is 43.1 Å². The second-order valence-electron chi connectivity index (χ2n) is 12.2. The van der Waals surface area contributed by atoms with Gasteiger partial charge in [-0.3, -0.25) is 0 Å². The first kappa shape index (κ1) is 33.0. The minimum atomic E-state index is 0.323. The van der Waals surface area contributed by atoms with E-state index in [1.807, 2.05) is 30.3 Å². The molecule has 8 rings (SSSR count). The molecule has 0 saturated carbocycles. The zero-order valence-electron chi connectivity index (χ0n) is 27.9. The highest BCUT2D eigenvalue weighted by Crippen LogP contribution is 2.21. The van der Waals surface area contributed by atoms with Crippen molar-refractivity contribution in [3.63, 3.8) is 0 Å². The van der Waals surface area contributed by atoms with Crippen LogP contribution in [0.5, 0.6) is 5.75 Å². The number of phenolic OH excluding ortho intramolecular Hbond substituents is 1. The van der Waals surface area contributed by atoms with Gasteiger partial charge >= 0.3 is 0 Å².